The lowest BCUT2D eigenvalue weighted by molar-refractivity contribution is -0.152. The molecular formula is C13H17NO3. The van der Waals surface area contributed by atoms with Crippen molar-refractivity contribution < 1.29 is 14.3 Å². The number of para-hydroxylation sites is 1. The largest absolute Gasteiger partial charge is 0.496 e. The van der Waals surface area contributed by atoms with Crippen molar-refractivity contribution in [2.75, 3.05) is 20.8 Å². The first-order valence-electron chi connectivity index (χ1n) is 5.67. The molecule has 1 aromatic rings. The molecule has 17 heavy (non-hydrogen) atoms. The van der Waals surface area contributed by atoms with Gasteiger partial charge in [-0.1, -0.05) is 18.2 Å². The fourth-order valence-corrected chi connectivity index (χ4v) is 2.19. The maximum absolute atomic E-state index is 11.8. The Morgan fingerprint density at radius 2 is 2.12 bits per heavy atom. The Balaban J connectivity index is 2.21. The number of methoxy groups -OCH3 is 2. The van der Waals surface area contributed by atoms with E-state index in [1.807, 2.05) is 24.3 Å². The second kappa shape index (κ2) is 4.75. The number of hydrogen-bond donors (Lipinski definition) is 1. The molecule has 0 aliphatic carbocycles. The molecule has 4 heteroatoms. The van der Waals surface area contributed by atoms with Crippen molar-refractivity contribution in [3.8, 4) is 5.75 Å². The third kappa shape index (κ3) is 2.13. The Kier molecular flexibility index (Phi) is 3.33. The Bertz CT molecular complexity index is 413. The number of rotatable bonds is 4. The van der Waals surface area contributed by atoms with E-state index in [9.17, 15) is 4.79 Å². The van der Waals surface area contributed by atoms with Gasteiger partial charge in [0, 0.05) is 6.42 Å². The van der Waals surface area contributed by atoms with E-state index >= 15 is 0 Å². The molecule has 0 bridgehead atoms. The van der Waals surface area contributed by atoms with Gasteiger partial charge in [0.15, 0.2) is 0 Å². The van der Waals surface area contributed by atoms with E-state index in [1.165, 1.54) is 7.11 Å². The van der Waals surface area contributed by atoms with Crippen molar-refractivity contribution in [1.82, 2.24) is 5.32 Å². The van der Waals surface area contributed by atoms with Gasteiger partial charge >= 0.3 is 5.97 Å². The lowest BCUT2D eigenvalue weighted by atomic mass is 9.81. The molecule has 1 saturated heterocycles. The van der Waals surface area contributed by atoms with Crippen LogP contribution in [0.2, 0.25) is 0 Å². The minimum atomic E-state index is -0.566. The Hall–Kier alpha value is -1.55. The molecule has 2 rings (SSSR count). The van der Waals surface area contributed by atoms with Gasteiger partial charge in [-0.2, -0.15) is 0 Å². The van der Waals surface area contributed by atoms with Crippen molar-refractivity contribution in [3.05, 3.63) is 29.8 Å². The predicted molar refractivity (Wildman–Crippen MR) is 64.1 cm³/mol. The summed E-state index contributed by atoms with van der Waals surface area (Å²) in [6.45, 7) is 0.851. The van der Waals surface area contributed by atoms with Crippen LogP contribution in [0.4, 0.5) is 0 Å². The standard InChI is InChI=1S/C13H17NO3/c1-16-11-6-4-3-5-10(11)9-13(7-8-14-13)12(15)17-2/h3-6,14H,7-9H2,1-2H3. The molecule has 92 valence electrons. The molecule has 1 N–H and O–H groups in total. The summed E-state index contributed by atoms with van der Waals surface area (Å²) in [7, 11) is 3.06. The third-order valence-corrected chi connectivity index (χ3v) is 3.28. The van der Waals surface area contributed by atoms with Crippen molar-refractivity contribution in [2.24, 2.45) is 0 Å². The van der Waals surface area contributed by atoms with Gasteiger partial charge in [-0.25, -0.2) is 0 Å². The van der Waals surface area contributed by atoms with Crippen LogP contribution < -0.4 is 10.1 Å². The fourth-order valence-electron chi connectivity index (χ4n) is 2.19. The number of carbonyl (C=O) groups excluding carboxylic acids is 1. The molecule has 0 saturated carbocycles. The van der Waals surface area contributed by atoms with E-state index in [4.69, 9.17) is 9.47 Å². The van der Waals surface area contributed by atoms with Gasteiger partial charge in [-0.3, -0.25) is 4.79 Å². The second-order valence-electron chi connectivity index (χ2n) is 4.24. The second-order valence-corrected chi connectivity index (χ2v) is 4.24. The van der Waals surface area contributed by atoms with Crippen molar-refractivity contribution in [1.29, 1.82) is 0 Å². The Morgan fingerprint density at radius 1 is 1.41 bits per heavy atom. The number of esters is 1. The van der Waals surface area contributed by atoms with E-state index in [2.05, 4.69) is 5.32 Å². The van der Waals surface area contributed by atoms with Gasteiger partial charge in [0.2, 0.25) is 0 Å². The fraction of sp³-hybridized carbons (Fsp3) is 0.462. The van der Waals surface area contributed by atoms with E-state index in [0.29, 0.717) is 6.42 Å². The summed E-state index contributed by atoms with van der Waals surface area (Å²) >= 11 is 0. The molecule has 1 fully saturated rings. The van der Waals surface area contributed by atoms with Crippen LogP contribution in [0.15, 0.2) is 24.3 Å². The van der Waals surface area contributed by atoms with Gasteiger partial charge in [0.25, 0.3) is 0 Å². The number of ether oxygens (including phenoxy) is 2. The van der Waals surface area contributed by atoms with Gasteiger partial charge < -0.3 is 14.8 Å². The molecular weight excluding hydrogens is 218 g/mol. The van der Waals surface area contributed by atoms with Gasteiger partial charge in [0.05, 0.1) is 14.2 Å². The highest BCUT2D eigenvalue weighted by Crippen LogP contribution is 2.29. The zero-order valence-corrected chi connectivity index (χ0v) is 10.2. The maximum atomic E-state index is 11.8. The van der Waals surface area contributed by atoms with Crippen LogP contribution in [0.1, 0.15) is 12.0 Å². The lowest BCUT2D eigenvalue weighted by Crippen LogP contribution is -2.64. The molecule has 4 nitrogen and oxygen atoms in total. The minimum Gasteiger partial charge on any atom is -0.496 e. The summed E-state index contributed by atoms with van der Waals surface area (Å²) in [6.07, 6.45) is 1.40. The SMILES string of the molecule is COC(=O)C1(Cc2ccccc2OC)CCN1. The number of hydrogen-bond acceptors (Lipinski definition) is 4. The molecule has 1 atom stereocenters. The smallest absolute Gasteiger partial charge is 0.326 e. The summed E-state index contributed by atoms with van der Waals surface area (Å²) in [5.74, 6) is 0.610. The summed E-state index contributed by atoms with van der Waals surface area (Å²) in [4.78, 5) is 11.8. The molecule has 0 spiro atoms. The van der Waals surface area contributed by atoms with Crippen LogP contribution in [0.25, 0.3) is 0 Å². The van der Waals surface area contributed by atoms with E-state index in [-0.39, 0.29) is 5.97 Å². The molecule has 1 heterocycles. The van der Waals surface area contributed by atoms with E-state index in [1.54, 1.807) is 7.11 Å². The monoisotopic (exact) mass is 235 g/mol. The highest BCUT2D eigenvalue weighted by atomic mass is 16.5. The molecule has 0 amide bonds. The first kappa shape index (κ1) is 11.9. The zero-order valence-electron chi connectivity index (χ0n) is 10.2. The number of nitrogens with one attached hydrogen (secondary N) is 1. The summed E-state index contributed by atoms with van der Waals surface area (Å²) in [5.41, 5.74) is 0.455. The molecule has 0 radical (unpaired) electrons. The Morgan fingerprint density at radius 3 is 2.65 bits per heavy atom. The van der Waals surface area contributed by atoms with E-state index in [0.717, 1.165) is 24.3 Å². The van der Waals surface area contributed by atoms with Crippen molar-refractivity contribution in [3.63, 3.8) is 0 Å². The van der Waals surface area contributed by atoms with Gasteiger partial charge in [-0.15, -0.1) is 0 Å². The quantitative estimate of drug-likeness (QED) is 0.795. The van der Waals surface area contributed by atoms with Crippen molar-refractivity contribution in [2.45, 2.75) is 18.4 Å². The zero-order chi connectivity index (χ0) is 12.3. The predicted octanol–water partition coefficient (Wildman–Crippen LogP) is 1.14. The molecule has 1 aromatic carbocycles. The molecule has 1 unspecified atom stereocenters. The van der Waals surface area contributed by atoms with Gasteiger partial charge in [0.1, 0.15) is 11.3 Å². The van der Waals surface area contributed by atoms with Gasteiger partial charge in [-0.05, 0) is 24.6 Å². The summed E-state index contributed by atoms with van der Waals surface area (Å²) < 4.78 is 10.2. The van der Waals surface area contributed by atoms with Crippen LogP contribution in [0, 0.1) is 0 Å². The highest BCUT2D eigenvalue weighted by molar-refractivity contribution is 5.82. The lowest BCUT2D eigenvalue weighted by Gasteiger charge is -2.40. The first-order chi connectivity index (χ1) is 8.22. The van der Waals surface area contributed by atoms with Crippen LogP contribution in [0.3, 0.4) is 0 Å². The average Bonchev–Trinajstić information content (AvgIpc) is 2.33. The van der Waals surface area contributed by atoms with Crippen LogP contribution in [-0.2, 0) is 16.0 Å². The van der Waals surface area contributed by atoms with Crippen LogP contribution in [0.5, 0.6) is 5.75 Å². The average molecular weight is 235 g/mol. The molecule has 1 aliphatic heterocycles. The topological polar surface area (TPSA) is 47.6 Å². The van der Waals surface area contributed by atoms with Crippen LogP contribution >= 0.6 is 0 Å². The Labute approximate surface area is 101 Å². The van der Waals surface area contributed by atoms with Crippen LogP contribution in [-0.4, -0.2) is 32.3 Å². The maximum Gasteiger partial charge on any atom is 0.326 e. The van der Waals surface area contributed by atoms with E-state index < -0.39 is 5.54 Å². The highest BCUT2D eigenvalue weighted by Gasteiger charge is 2.45. The first-order valence-corrected chi connectivity index (χ1v) is 5.67. The summed E-state index contributed by atoms with van der Waals surface area (Å²) in [6, 6.07) is 7.74. The number of carbonyl (C=O) groups is 1. The minimum absolute atomic E-state index is 0.199. The summed E-state index contributed by atoms with van der Waals surface area (Å²) in [5, 5.41) is 3.18. The van der Waals surface area contributed by atoms with Crippen molar-refractivity contribution >= 4 is 5.97 Å². The molecule has 1 aliphatic rings. The third-order valence-electron chi connectivity index (χ3n) is 3.28. The normalized spacial score (nSPS) is 22.7. The number of benzene rings is 1. The molecule has 0 aromatic heterocycles.